The van der Waals surface area contributed by atoms with Crippen LogP contribution in [0.15, 0.2) is 66.7 Å². The Morgan fingerprint density at radius 2 is 1.72 bits per heavy atom. The van der Waals surface area contributed by atoms with Gasteiger partial charge in [0.05, 0.1) is 35.3 Å². The van der Waals surface area contributed by atoms with E-state index in [0.29, 0.717) is 42.5 Å². The fraction of sp³-hybridized carbons (Fsp3) is 0.368. The first-order valence-electron chi connectivity index (χ1n) is 17.6. The number of rotatable bonds is 13. The summed E-state index contributed by atoms with van der Waals surface area (Å²) in [4.78, 5) is 38.4. The van der Waals surface area contributed by atoms with Gasteiger partial charge in [0.25, 0.3) is 0 Å². The normalized spacial score (nSPS) is 14.6. The number of hydrogen-bond acceptors (Lipinski definition) is 13. The van der Waals surface area contributed by atoms with Gasteiger partial charge >= 0.3 is 6.09 Å². The SMILES string of the molecule is COC(O)[C@H](Cc1ccc(C#N)cc1)Nc1nc(NCc2nc3cc(Cl)ccc3[nH]2)nc(Nc2cccc(CN3CCN(C(=O)OC(C)(C)C)CC3)c2)n1. The molecule has 0 saturated carbocycles. The molecule has 3 heterocycles. The molecule has 3 aromatic carbocycles. The van der Waals surface area contributed by atoms with Gasteiger partial charge in [-0.1, -0.05) is 35.9 Å². The van der Waals surface area contributed by atoms with Crippen LogP contribution in [0.2, 0.25) is 5.02 Å². The van der Waals surface area contributed by atoms with Gasteiger partial charge in [-0.2, -0.15) is 20.2 Å². The number of fused-ring (bicyclic) bond motifs is 1. The second kappa shape index (κ2) is 17.1. The molecule has 1 fully saturated rings. The Hall–Kier alpha value is -5.53. The van der Waals surface area contributed by atoms with Crippen LogP contribution in [-0.4, -0.2) is 97.1 Å². The number of aliphatic hydroxyl groups is 1. The Morgan fingerprint density at radius 1 is 0.981 bits per heavy atom. The molecule has 5 N–H and O–H groups in total. The number of anilines is 4. The van der Waals surface area contributed by atoms with Crippen molar-refractivity contribution in [2.45, 2.75) is 58.2 Å². The number of imidazole rings is 1. The van der Waals surface area contributed by atoms with Gasteiger partial charge in [-0.05, 0) is 80.8 Å². The van der Waals surface area contributed by atoms with E-state index in [1.54, 1.807) is 29.2 Å². The Bertz CT molecular complexity index is 2090. The predicted octanol–water partition coefficient (Wildman–Crippen LogP) is 5.67. The average Bonchev–Trinajstić information content (AvgIpc) is 3.55. The van der Waals surface area contributed by atoms with Gasteiger partial charge < -0.3 is 40.4 Å². The number of aromatic nitrogens is 5. The number of carbonyl (C=O) groups is 1. The molecule has 6 rings (SSSR count). The third-order valence-corrected chi connectivity index (χ3v) is 8.83. The maximum Gasteiger partial charge on any atom is 0.410 e. The maximum absolute atomic E-state index is 12.5. The van der Waals surface area contributed by atoms with Gasteiger partial charge in [-0.25, -0.2) is 9.78 Å². The van der Waals surface area contributed by atoms with Crippen LogP contribution >= 0.6 is 11.6 Å². The summed E-state index contributed by atoms with van der Waals surface area (Å²) >= 11 is 6.16. The fourth-order valence-corrected chi connectivity index (χ4v) is 6.09. The molecule has 1 unspecified atom stereocenters. The molecule has 2 atom stereocenters. The van der Waals surface area contributed by atoms with Crippen molar-refractivity contribution in [2.75, 3.05) is 49.2 Å². The van der Waals surface area contributed by atoms with Crippen molar-refractivity contribution in [1.29, 1.82) is 5.26 Å². The topological polar surface area (TPSA) is 189 Å². The van der Waals surface area contributed by atoms with Crippen LogP contribution in [-0.2, 0) is 29.0 Å². The number of aromatic amines is 1. The van der Waals surface area contributed by atoms with Crippen molar-refractivity contribution in [2.24, 2.45) is 0 Å². The van der Waals surface area contributed by atoms with Gasteiger partial charge in [-0.3, -0.25) is 4.90 Å². The van der Waals surface area contributed by atoms with Gasteiger partial charge in [0.1, 0.15) is 11.4 Å². The fourth-order valence-electron chi connectivity index (χ4n) is 5.93. The number of nitrogens with zero attached hydrogens (tertiary/aromatic N) is 7. The van der Waals surface area contributed by atoms with E-state index in [0.717, 1.165) is 40.9 Å². The Kier molecular flexibility index (Phi) is 12.1. The molecule has 2 aromatic heterocycles. The van der Waals surface area contributed by atoms with Gasteiger partial charge in [0.2, 0.25) is 17.8 Å². The first-order chi connectivity index (χ1) is 25.9. The summed E-state index contributed by atoms with van der Waals surface area (Å²) < 4.78 is 10.8. The Morgan fingerprint density at radius 3 is 2.44 bits per heavy atom. The predicted molar refractivity (Wildman–Crippen MR) is 206 cm³/mol. The summed E-state index contributed by atoms with van der Waals surface area (Å²) in [6.45, 7) is 9.22. The molecule has 0 radical (unpaired) electrons. The zero-order chi connectivity index (χ0) is 38.2. The molecule has 15 nitrogen and oxygen atoms in total. The first-order valence-corrected chi connectivity index (χ1v) is 18.0. The molecular weight excluding hydrogens is 710 g/mol. The summed E-state index contributed by atoms with van der Waals surface area (Å²) in [6, 6.07) is 22.0. The molecule has 1 amide bonds. The van der Waals surface area contributed by atoms with E-state index in [2.05, 4.69) is 57.9 Å². The van der Waals surface area contributed by atoms with Gasteiger partial charge in [-0.15, -0.1) is 0 Å². The van der Waals surface area contributed by atoms with E-state index in [1.165, 1.54) is 7.11 Å². The zero-order valence-electron chi connectivity index (χ0n) is 30.6. The Labute approximate surface area is 318 Å². The lowest BCUT2D eigenvalue weighted by molar-refractivity contribution is -0.0849. The van der Waals surface area contributed by atoms with Crippen molar-refractivity contribution >= 4 is 52.3 Å². The number of H-pyrrole nitrogens is 1. The molecule has 0 spiro atoms. The summed E-state index contributed by atoms with van der Waals surface area (Å²) in [5.41, 5.74) is 4.31. The lowest BCUT2D eigenvalue weighted by atomic mass is 10.0. The van der Waals surface area contributed by atoms with Crippen molar-refractivity contribution in [3.8, 4) is 6.07 Å². The van der Waals surface area contributed by atoms with Crippen LogP contribution < -0.4 is 16.0 Å². The second-order valence-corrected chi connectivity index (χ2v) is 14.4. The minimum atomic E-state index is -1.20. The van der Waals surface area contributed by atoms with Crippen LogP contribution in [0.25, 0.3) is 11.0 Å². The molecular formula is C38H44ClN11O4. The number of aliphatic hydroxyl groups excluding tert-OH is 1. The Balaban J connectivity index is 1.19. The minimum absolute atomic E-state index is 0.195. The van der Waals surface area contributed by atoms with Crippen LogP contribution in [0.3, 0.4) is 0 Å². The molecule has 1 saturated heterocycles. The van der Waals surface area contributed by atoms with E-state index in [4.69, 9.17) is 21.1 Å². The third-order valence-electron chi connectivity index (χ3n) is 8.60. The second-order valence-electron chi connectivity index (χ2n) is 14.0. The van der Waals surface area contributed by atoms with Crippen LogP contribution in [0, 0.1) is 11.3 Å². The maximum atomic E-state index is 12.5. The van der Waals surface area contributed by atoms with Crippen molar-refractivity contribution < 1.29 is 19.4 Å². The monoisotopic (exact) mass is 753 g/mol. The molecule has 0 aliphatic carbocycles. The molecule has 282 valence electrons. The highest BCUT2D eigenvalue weighted by molar-refractivity contribution is 6.31. The highest BCUT2D eigenvalue weighted by Crippen LogP contribution is 2.22. The summed E-state index contributed by atoms with van der Waals surface area (Å²) in [5.74, 6) is 1.38. The van der Waals surface area contributed by atoms with Crippen LogP contribution in [0.5, 0.6) is 0 Å². The third kappa shape index (κ3) is 10.5. The number of nitrogens with one attached hydrogen (secondary N) is 4. The van der Waals surface area contributed by atoms with Crippen LogP contribution in [0.1, 0.15) is 43.3 Å². The quantitative estimate of drug-likeness (QED) is 0.0926. The number of amides is 1. The van der Waals surface area contributed by atoms with Crippen molar-refractivity contribution in [1.82, 2.24) is 34.7 Å². The molecule has 1 aliphatic rings. The number of nitriles is 1. The van der Waals surface area contributed by atoms with E-state index in [1.807, 2.05) is 57.2 Å². The number of piperazine rings is 1. The van der Waals surface area contributed by atoms with Crippen molar-refractivity contribution in [3.05, 3.63) is 94.3 Å². The van der Waals surface area contributed by atoms with Gasteiger partial charge in [0, 0.05) is 50.5 Å². The molecule has 5 aromatic rings. The smallest absolute Gasteiger partial charge is 0.410 e. The molecule has 16 heteroatoms. The minimum Gasteiger partial charge on any atom is -0.444 e. The number of benzene rings is 3. The number of hydrogen-bond donors (Lipinski definition) is 5. The van der Waals surface area contributed by atoms with Crippen molar-refractivity contribution in [3.63, 3.8) is 0 Å². The number of carbonyl (C=O) groups excluding carboxylic acids is 1. The summed E-state index contributed by atoms with van der Waals surface area (Å²) in [5, 5.41) is 30.4. The molecule has 0 bridgehead atoms. The van der Waals surface area contributed by atoms with E-state index < -0.39 is 17.9 Å². The standard InChI is InChI=1S/C38H44ClN11O4/c1-38(2,3)54-37(52)50-16-14-49(15-17-50)23-26-6-5-7-28(18-26)42-35-46-34(41-22-32-43-29-13-12-27(39)20-30(29)44-32)47-36(48-35)45-31(33(51)53-4)19-24-8-10-25(21-40)11-9-24/h5-13,18,20,31,33,51H,14-17,19,22-23H2,1-4H3,(H,43,44)(H3,41,42,45,46,47,48)/t31-,33?/m0/s1. The summed E-state index contributed by atoms with van der Waals surface area (Å²) in [6.07, 6.45) is -1.13. The lowest BCUT2D eigenvalue weighted by Gasteiger charge is -2.35. The molecule has 54 heavy (non-hydrogen) atoms. The van der Waals surface area contributed by atoms with Gasteiger partial charge in [0.15, 0.2) is 6.29 Å². The first kappa shape index (κ1) is 38.2. The number of halogens is 1. The average molecular weight is 754 g/mol. The number of methoxy groups -OCH3 is 1. The molecule has 1 aliphatic heterocycles. The van der Waals surface area contributed by atoms with E-state index in [-0.39, 0.29) is 30.5 Å². The van der Waals surface area contributed by atoms with Crippen LogP contribution in [0.4, 0.5) is 28.3 Å². The number of ether oxygens (including phenoxy) is 2. The zero-order valence-corrected chi connectivity index (χ0v) is 31.4. The van der Waals surface area contributed by atoms with E-state index in [9.17, 15) is 15.2 Å². The van der Waals surface area contributed by atoms with E-state index >= 15 is 0 Å². The summed E-state index contributed by atoms with van der Waals surface area (Å²) in [7, 11) is 1.42. The largest absolute Gasteiger partial charge is 0.444 e. The lowest BCUT2D eigenvalue weighted by Crippen LogP contribution is -2.49. The highest BCUT2D eigenvalue weighted by atomic mass is 35.5. The highest BCUT2D eigenvalue weighted by Gasteiger charge is 2.26.